The molecule has 7 nitrogen and oxygen atoms in total. The molecule has 0 bridgehead atoms. The third kappa shape index (κ3) is 7.10. The average molecular weight is 442 g/mol. The van der Waals surface area contributed by atoms with Gasteiger partial charge in [0.2, 0.25) is 11.8 Å². The van der Waals surface area contributed by atoms with E-state index in [0.717, 1.165) is 38.1 Å². The van der Waals surface area contributed by atoms with E-state index in [9.17, 15) is 22.8 Å². The number of nitrogens with one attached hydrogen (secondary N) is 1. The molecule has 1 N–H and O–H groups in total. The van der Waals surface area contributed by atoms with Crippen LogP contribution in [0.4, 0.5) is 18.9 Å². The van der Waals surface area contributed by atoms with Crippen LogP contribution in [0, 0.1) is 0 Å². The van der Waals surface area contributed by atoms with Crippen LogP contribution < -0.4 is 10.1 Å². The van der Waals surface area contributed by atoms with Gasteiger partial charge < -0.3 is 15.0 Å². The molecule has 2 amide bonds. The Kier molecular flexibility index (Phi) is 7.77. The van der Waals surface area contributed by atoms with Gasteiger partial charge in [-0.05, 0) is 50.5 Å². The number of benzene rings is 1. The maximum atomic E-state index is 12.6. The molecule has 0 spiro atoms. The number of carbonyl (C=O) groups is 2. The Labute approximate surface area is 180 Å². The summed E-state index contributed by atoms with van der Waals surface area (Å²) in [4.78, 5) is 31.1. The molecule has 2 fully saturated rings. The van der Waals surface area contributed by atoms with Crippen molar-refractivity contribution in [3.63, 3.8) is 0 Å². The van der Waals surface area contributed by atoms with Crippen molar-refractivity contribution in [1.82, 2.24) is 14.7 Å². The zero-order chi connectivity index (χ0) is 22.4. The number of alkyl halides is 3. The highest BCUT2D eigenvalue weighted by molar-refractivity contribution is 5.94. The number of ether oxygens (including phenoxy) is 1. The lowest BCUT2D eigenvalue weighted by atomic mass is 10.1. The summed E-state index contributed by atoms with van der Waals surface area (Å²) >= 11 is 0. The molecule has 3 rings (SSSR count). The molecule has 2 heterocycles. The molecule has 1 atom stereocenters. The molecule has 0 radical (unpaired) electrons. The summed E-state index contributed by atoms with van der Waals surface area (Å²) in [5.74, 6) is -0.395. The first-order chi connectivity index (χ1) is 14.7. The molecule has 2 saturated heterocycles. The Morgan fingerprint density at radius 3 is 2.19 bits per heavy atom. The van der Waals surface area contributed by atoms with Crippen LogP contribution in [-0.2, 0) is 9.59 Å². The molecule has 2 aliphatic heterocycles. The largest absolute Gasteiger partial charge is 0.573 e. The number of hydrogen-bond donors (Lipinski definition) is 1. The molecule has 0 saturated carbocycles. The number of halogens is 3. The lowest BCUT2D eigenvalue weighted by Gasteiger charge is -2.38. The minimum atomic E-state index is -4.75. The van der Waals surface area contributed by atoms with Crippen molar-refractivity contribution in [2.75, 3.05) is 51.1 Å². The highest BCUT2D eigenvalue weighted by atomic mass is 19.4. The van der Waals surface area contributed by atoms with Crippen molar-refractivity contribution in [2.45, 2.75) is 38.6 Å². The van der Waals surface area contributed by atoms with Crippen LogP contribution >= 0.6 is 0 Å². The number of nitrogens with zero attached hydrogens (tertiary/aromatic N) is 3. The van der Waals surface area contributed by atoms with E-state index in [1.807, 2.05) is 9.80 Å². The molecule has 0 aromatic heterocycles. The first kappa shape index (κ1) is 23.3. The molecule has 1 aromatic carbocycles. The molecule has 1 unspecified atom stereocenters. The second-order valence-corrected chi connectivity index (χ2v) is 7.99. The van der Waals surface area contributed by atoms with Crippen molar-refractivity contribution in [3.05, 3.63) is 24.3 Å². The van der Waals surface area contributed by atoms with Gasteiger partial charge >= 0.3 is 6.36 Å². The maximum absolute atomic E-state index is 12.6. The van der Waals surface area contributed by atoms with Crippen LogP contribution in [0.1, 0.15) is 26.2 Å². The molecule has 10 heteroatoms. The fourth-order valence-corrected chi connectivity index (χ4v) is 3.90. The fraction of sp³-hybridized carbons (Fsp3) is 0.619. The van der Waals surface area contributed by atoms with E-state index in [1.165, 1.54) is 18.6 Å². The van der Waals surface area contributed by atoms with E-state index in [0.29, 0.717) is 38.4 Å². The second kappa shape index (κ2) is 10.3. The highest BCUT2D eigenvalue weighted by Gasteiger charge is 2.31. The number of piperidine rings is 1. The quantitative estimate of drug-likeness (QED) is 0.734. The van der Waals surface area contributed by atoms with E-state index in [1.54, 1.807) is 6.92 Å². The summed E-state index contributed by atoms with van der Waals surface area (Å²) in [5.41, 5.74) is 0.400. The predicted octanol–water partition coefficient (Wildman–Crippen LogP) is 2.54. The first-order valence-electron chi connectivity index (χ1n) is 10.6. The number of likely N-dealkylation sites (tertiary alicyclic amines) is 1. The van der Waals surface area contributed by atoms with Crippen LogP contribution in [0.3, 0.4) is 0 Å². The Hall–Kier alpha value is -2.33. The van der Waals surface area contributed by atoms with Crippen LogP contribution in [-0.4, -0.2) is 84.7 Å². The summed E-state index contributed by atoms with van der Waals surface area (Å²) in [6.07, 6.45) is -1.41. The van der Waals surface area contributed by atoms with Gasteiger partial charge in [-0.3, -0.25) is 19.4 Å². The third-order valence-electron chi connectivity index (χ3n) is 5.76. The van der Waals surface area contributed by atoms with Gasteiger partial charge in [-0.25, -0.2) is 0 Å². The normalized spacial score (nSPS) is 19.7. The van der Waals surface area contributed by atoms with Crippen molar-refractivity contribution < 1.29 is 27.5 Å². The molecule has 2 aliphatic rings. The smallest absolute Gasteiger partial charge is 0.406 e. The Morgan fingerprint density at radius 2 is 1.61 bits per heavy atom. The minimum Gasteiger partial charge on any atom is -0.406 e. The van der Waals surface area contributed by atoms with Gasteiger partial charge in [-0.1, -0.05) is 0 Å². The SMILES string of the molecule is CC(C(=O)Nc1ccc(OC(F)(F)F)cc1)N1CCN(CC(=O)N2CCCCC2)CC1. The number of piperazine rings is 1. The lowest BCUT2D eigenvalue weighted by molar-refractivity contribution is -0.274. The Morgan fingerprint density at radius 1 is 1.00 bits per heavy atom. The van der Waals surface area contributed by atoms with Crippen LogP contribution in [0.5, 0.6) is 5.75 Å². The maximum Gasteiger partial charge on any atom is 0.573 e. The summed E-state index contributed by atoms with van der Waals surface area (Å²) in [7, 11) is 0. The van der Waals surface area contributed by atoms with Gasteiger partial charge in [-0.15, -0.1) is 13.2 Å². The van der Waals surface area contributed by atoms with E-state index >= 15 is 0 Å². The lowest BCUT2D eigenvalue weighted by Crippen LogP contribution is -2.54. The van der Waals surface area contributed by atoms with Gasteiger partial charge in [0.1, 0.15) is 5.75 Å². The summed E-state index contributed by atoms with van der Waals surface area (Å²) in [6.45, 7) is 6.66. The van der Waals surface area contributed by atoms with Gasteiger partial charge in [0.05, 0.1) is 12.6 Å². The number of rotatable bonds is 6. The minimum absolute atomic E-state index is 0.178. The molecule has 31 heavy (non-hydrogen) atoms. The van der Waals surface area contributed by atoms with Crippen LogP contribution in [0.2, 0.25) is 0 Å². The van der Waals surface area contributed by atoms with Gasteiger partial charge in [0, 0.05) is 45.0 Å². The van der Waals surface area contributed by atoms with E-state index < -0.39 is 12.4 Å². The summed E-state index contributed by atoms with van der Waals surface area (Å²) in [5, 5.41) is 2.72. The van der Waals surface area contributed by atoms with E-state index in [4.69, 9.17) is 0 Å². The summed E-state index contributed by atoms with van der Waals surface area (Å²) in [6, 6.07) is 4.66. The Bertz CT molecular complexity index is 743. The van der Waals surface area contributed by atoms with Gasteiger partial charge in [-0.2, -0.15) is 0 Å². The number of anilines is 1. The van der Waals surface area contributed by atoms with Crippen molar-refractivity contribution in [1.29, 1.82) is 0 Å². The highest BCUT2D eigenvalue weighted by Crippen LogP contribution is 2.24. The standard InChI is InChI=1S/C21H29F3N4O3/c1-16(20(30)25-17-5-7-18(8-6-17)31-21(22,23)24)27-13-11-26(12-14-27)15-19(29)28-9-3-2-4-10-28/h5-8,16H,2-4,9-15H2,1H3,(H,25,30). The van der Waals surface area contributed by atoms with Gasteiger partial charge in [0.25, 0.3) is 0 Å². The van der Waals surface area contributed by atoms with Crippen molar-refractivity contribution in [3.8, 4) is 5.75 Å². The summed E-state index contributed by atoms with van der Waals surface area (Å²) < 4.78 is 40.5. The van der Waals surface area contributed by atoms with Gasteiger partial charge in [0.15, 0.2) is 0 Å². The molecular weight excluding hydrogens is 413 g/mol. The molecule has 1 aromatic rings. The topological polar surface area (TPSA) is 65.1 Å². The van der Waals surface area contributed by atoms with Crippen LogP contribution in [0.25, 0.3) is 0 Å². The van der Waals surface area contributed by atoms with E-state index in [-0.39, 0.29) is 17.6 Å². The molecule has 0 aliphatic carbocycles. The zero-order valence-electron chi connectivity index (χ0n) is 17.7. The fourth-order valence-electron chi connectivity index (χ4n) is 3.90. The predicted molar refractivity (Wildman–Crippen MR) is 110 cm³/mol. The zero-order valence-corrected chi connectivity index (χ0v) is 17.7. The number of amides is 2. The average Bonchev–Trinajstić information content (AvgIpc) is 2.74. The third-order valence-corrected chi connectivity index (χ3v) is 5.76. The molecular formula is C21H29F3N4O3. The van der Waals surface area contributed by atoms with E-state index in [2.05, 4.69) is 15.0 Å². The number of carbonyl (C=O) groups excluding carboxylic acids is 2. The van der Waals surface area contributed by atoms with Crippen molar-refractivity contribution in [2.24, 2.45) is 0 Å². The van der Waals surface area contributed by atoms with Crippen molar-refractivity contribution >= 4 is 17.5 Å². The first-order valence-corrected chi connectivity index (χ1v) is 10.6. The number of hydrogen-bond acceptors (Lipinski definition) is 5. The second-order valence-electron chi connectivity index (χ2n) is 7.99. The molecule has 172 valence electrons. The monoisotopic (exact) mass is 442 g/mol. The van der Waals surface area contributed by atoms with Crippen LogP contribution in [0.15, 0.2) is 24.3 Å². The Balaban J connectivity index is 1.42.